The van der Waals surface area contributed by atoms with Crippen molar-refractivity contribution in [3.8, 4) is 0 Å². The molecule has 2 heterocycles. The molecule has 0 amide bonds. The summed E-state index contributed by atoms with van der Waals surface area (Å²) in [7, 11) is 1.30. The van der Waals surface area contributed by atoms with Crippen LogP contribution in [0.5, 0.6) is 0 Å². The second-order valence-electron chi connectivity index (χ2n) is 5.58. The van der Waals surface area contributed by atoms with Crippen LogP contribution < -0.4 is 10.9 Å². The number of rotatable bonds is 3. The van der Waals surface area contributed by atoms with E-state index in [9.17, 15) is 9.59 Å². The van der Waals surface area contributed by atoms with Gasteiger partial charge in [-0.2, -0.15) is 0 Å². The summed E-state index contributed by atoms with van der Waals surface area (Å²) in [6, 6.07) is 5.02. The summed E-state index contributed by atoms with van der Waals surface area (Å²) in [6.45, 7) is 4.43. The van der Waals surface area contributed by atoms with Gasteiger partial charge in [0, 0.05) is 13.1 Å². The molecule has 0 atom stereocenters. The number of hydrogen-bond acceptors (Lipinski definition) is 6. The van der Waals surface area contributed by atoms with Gasteiger partial charge in [-0.3, -0.25) is 9.69 Å². The molecule has 0 unspecified atom stereocenters. The van der Waals surface area contributed by atoms with Gasteiger partial charge in [0.25, 0.3) is 5.56 Å². The van der Waals surface area contributed by atoms with Gasteiger partial charge >= 0.3 is 5.97 Å². The first-order valence-corrected chi connectivity index (χ1v) is 7.72. The number of benzene rings is 1. The Kier molecular flexibility index (Phi) is 4.68. The van der Waals surface area contributed by atoms with Crippen molar-refractivity contribution in [1.29, 1.82) is 0 Å². The van der Waals surface area contributed by atoms with Gasteiger partial charge in [-0.1, -0.05) is 6.07 Å². The van der Waals surface area contributed by atoms with Crippen LogP contribution in [0.4, 0.5) is 0 Å². The maximum atomic E-state index is 12.4. The highest BCUT2D eigenvalue weighted by Gasteiger charge is 2.16. The molecule has 23 heavy (non-hydrogen) atoms. The third-order valence-corrected chi connectivity index (χ3v) is 3.99. The van der Waals surface area contributed by atoms with Crippen molar-refractivity contribution in [3.05, 3.63) is 39.9 Å². The monoisotopic (exact) mass is 316 g/mol. The Bertz CT molecular complexity index is 763. The zero-order valence-corrected chi connectivity index (χ0v) is 13.1. The van der Waals surface area contributed by atoms with Gasteiger partial charge in [0.1, 0.15) is 5.82 Å². The quantitative estimate of drug-likeness (QED) is 0.802. The minimum absolute atomic E-state index is 0.240. The Morgan fingerprint density at radius 1 is 1.35 bits per heavy atom. The molecule has 122 valence electrons. The van der Waals surface area contributed by atoms with Crippen LogP contribution in [-0.4, -0.2) is 54.1 Å². The Morgan fingerprint density at radius 3 is 3.04 bits per heavy atom. The number of esters is 1. The molecule has 2 N–H and O–H groups in total. The van der Waals surface area contributed by atoms with Crippen LogP contribution in [0.3, 0.4) is 0 Å². The van der Waals surface area contributed by atoms with Gasteiger partial charge in [0.05, 0.1) is 30.1 Å². The van der Waals surface area contributed by atoms with Crippen LogP contribution in [0, 0.1) is 0 Å². The number of nitrogens with one attached hydrogen (secondary N) is 2. The van der Waals surface area contributed by atoms with Crippen LogP contribution in [0.2, 0.25) is 0 Å². The summed E-state index contributed by atoms with van der Waals surface area (Å²) in [4.78, 5) is 33.8. The zero-order valence-electron chi connectivity index (χ0n) is 13.1. The first kappa shape index (κ1) is 15.6. The second-order valence-corrected chi connectivity index (χ2v) is 5.58. The van der Waals surface area contributed by atoms with E-state index in [-0.39, 0.29) is 16.5 Å². The molecule has 1 aromatic heterocycles. The lowest BCUT2D eigenvalue weighted by molar-refractivity contribution is 0.0603. The van der Waals surface area contributed by atoms with E-state index < -0.39 is 5.97 Å². The first-order chi connectivity index (χ1) is 11.2. The predicted molar refractivity (Wildman–Crippen MR) is 86.5 cm³/mol. The summed E-state index contributed by atoms with van der Waals surface area (Å²) >= 11 is 0. The van der Waals surface area contributed by atoms with Crippen LogP contribution in [0.15, 0.2) is 23.0 Å². The molecule has 0 saturated carbocycles. The maximum absolute atomic E-state index is 12.4. The Morgan fingerprint density at radius 2 is 2.22 bits per heavy atom. The van der Waals surface area contributed by atoms with E-state index in [1.165, 1.54) is 7.11 Å². The normalized spacial score (nSPS) is 16.2. The van der Waals surface area contributed by atoms with E-state index in [2.05, 4.69) is 20.2 Å². The van der Waals surface area contributed by atoms with Gasteiger partial charge in [0.15, 0.2) is 0 Å². The molecule has 2 aromatic rings. The number of aromatic amines is 1. The van der Waals surface area contributed by atoms with E-state index in [1.54, 1.807) is 18.2 Å². The highest BCUT2D eigenvalue weighted by atomic mass is 16.5. The number of nitrogens with zero attached hydrogens (tertiary/aromatic N) is 2. The Hall–Kier alpha value is -2.25. The second kappa shape index (κ2) is 6.89. The van der Waals surface area contributed by atoms with E-state index in [0.29, 0.717) is 17.9 Å². The molecule has 1 aliphatic heterocycles. The maximum Gasteiger partial charge on any atom is 0.338 e. The first-order valence-electron chi connectivity index (χ1n) is 7.72. The summed E-state index contributed by atoms with van der Waals surface area (Å²) in [5.41, 5.74) is 0.447. The molecule has 1 saturated heterocycles. The number of carbonyl (C=O) groups excluding carboxylic acids is 1. The number of ether oxygens (including phenoxy) is 1. The van der Waals surface area contributed by atoms with Gasteiger partial charge in [-0.15, -0.1) is 0 Å². The smallest absolute Gasteiger partial charge is 0.338 e. The molecule has 1 aliphatic rings. The predicted octanol–water partition coefficient (Wildman–Crippen LogP) is 0.505. The molecule has 1 aromatic carbocycles. The summed E-state index contributed by atoms with van der Waals surface area (Å²) in [6.07, 6.45) is 1.07. The fourth-order valence-electron chi connectivity index (χ4n) is 2.87. The Labute approximate surface area is 133 Å². The van der Waals surface area contributed by atoms with E-state index in [1.807, 2.05) is 0 Å². The molecular weight excluding hydrogens is 296 g/mol. The van der Waals surface area contributed by atoms with Gasteiger partial charge in [0.2, 0.25) is 0 Å². The van der Waals surface area contributed by atoms with Crippen molar-refractivity contribution < 1.29 is 9.53 Å². The minimum Gasteiger partial charge on any atom is -0.465 e. The average molecular weight is 316 g/mol. The minimum atomic E-state index is -0.533. The summed E-state index contributed by atoms with van der Waals surface area (Å²) in [5, 5.41) is 3.62. The fourth-order valence-corrected chi connectivity index (χ4v) is 2.87. The summed E-state index contributed by atoms with van der Waals surface area (Å²) in [5.74, 6) is 0.0839. The molecule has 1 fully saturated rings. The van der Waals surface area contributed by atoms with Crippen molar-refractivity contribution in [2.24, 2.45) is 0 Å². The van der Waals surface area contributed by atoms with Crippen LogP contribution in [-0.2, 0) is 11.3 Å². The highest BCUT2D eigenvalue weighted by Crippen LogP contribution is 2.14. The van der Waals surface area contributed by atoms with Crippen molar-refractivity contribution in [1.82, 2.24) is 20.2 Å². The number of H-pyrrole nitrogens is 1. The molecular formula is C16H20N4O3. The molecule has 3 rings (SSSR count). The highest BCUT2D eigenvalue weighted by molar-refractivity contribution is 6.02. The lowest BCUT2D eigenvalue weighted by Gasteiger charge is -2.18. The standard InChI is InChI=1S/C16H20N4O3/c1-23-16(22)11-4-2-5-12-14(11)15(21)19-13(18-12)10-20-8-3-6-17-7-9-20/h2,4-5,17H,3,6-10H2,1H3,(H,18,19,21). The van der Waals surface area contributed by atoms with Gasteiger partial charge in [-0.05, 0) is 31.6 Å². The lowest BCUT2D eigenvalue weighted by atomic mass is 10.1. The number of methoxy groups -OCH3 is 1. The van der Waals surface area contributed by atoms with Crippen molar-refractivity contribution in [2.75, 3.05) is 33.3 Å². The number of fused-ring (bicyclic) bond motifs is 1. The Balaban J connectivity index is 1.95. The SMILES string of the molecule is COC(=O)c1cccc2nc(CN3CCCNCC3)[nH]c(=O)c12. The van der Waals surface area contributed by atoms with Crippen LogP contribution >= 0.6 is 0 Å². The van der Waals surface area contributed by atoms with Crippen LogP contribution in [0.1, 0.15) is 22.6 Å². The number of carbonyl (C=O) groups is 1. The molecule has 0 aliphatic carbocycles. The molecule has 0 spiro atoms. The third kappa shape index (κ3) is 3.40. The molecule has 7 heteroatoms. The van der Waals surface area contributed by atoms with E-state index >= 15 is 0 Å². The largest absolute Gasteiger partial charge is 0.465 e. The number of aromatic nitrogens is 2. The van der Waals surface area contributed by atoms with Gasteiger partial charge in [-0.25, -0.2) is 9.78 Å². The fraction of sp³-hybridized carbons (Fsp3) is 0.438. The topological polar surface area (TPSA) is 87.3 Å². The van der Waals surface area contributed by atoms with Crippen LogP contribution in [0.25, 0.3) is 10.9 Å². The summed E-state index contributed by atoms with van der Waals surface area (Å²) < 4.78 is 4.73. The van der Waals surface area contributed by atoms with Crippen molar-refractivity contribution in [3.63, 3.8) is 0 Å². The van der Waals surface area contributed by atoms with Gasteiger partial charge < -0.3 is 15.0 Å². The van der Waals surface area contributed by atoms with E-state index in [4.69, 9.17) is 4.74 Å². The third-order valence-electron chi connectivity index (χ3n) is 3.99. The molecule has 7 nitrogen and oxygen atoms in total. The number of hydrogen-bond donors (Lipinski definition) is 2. The lowest BCUT2D eigenvalue weighted by Crippen LogP contribution is -2.29. The van der Waals surface area contributed by atoms with Crippen molar-refractivity contribution >= 4 is 16.9 Å². The molecule has 0 bridgehead atoms. The van der Waals surface area contributed by atoms with E-state index in [0.717, 1.165) is 32.6 Å². The van der Waals surface area contributed by atoms with Crippen molar-refractivity contribution in [2.45, 2.75) is 13.0 Å². The molecule has 0 radical (unpaired) electrons. The zero-order chi connectivity index (χ0) is 16.2. The average Bonchev–Trinajstić information content (AvgIpc) is 2.82.